The number of aromatic nitrogens is 3. The lowest BCUT2D eigenvalue weighted by molar-refractivity contribution is 0.0949. The first-order valence-corrected chi connectivity index (χ1v) is 8.59. The van der Waals surface area contributed by atoms with Gasteiger partial charge in [0, 0.05) is 25.0 Å². The molecule has 1 N–H and O–H groups in total. The summed E-state index contributed by atoms with van der Waals surface area (Å²) in [6.07, 6.45) is 5.05. The lowest BCUT2D eigenvalue weighted by Crippen LogP contribution is -2.26. The predicted molar refractivity (Wildman–Crippen MR) is 97.8 cm³/mol. The van der Waals surface area contributed by atoms with Crippen molar-refractivity contribution in [2.45, 2.75) is 19.8 Å². The molecule has 0 fully saturated rings. The highest BCUT2D eigenvalue weighted by atomic mass is 16.5. The second-order valence-corrected chi connectivity index (χ2v) is 5.79. The molecule has 0 aliphatic heterocycles. The van der Waals surface area contributed by atoms with E-state index in [1.165, 1.54) is 0 Å². The molecule has 0 saturated heterocycles. The van der Waals surface area contributed by atoms with Gasteiger partial charge in [-0.3, -0.25) is 4.79 Å². The minimum absolute atomic E-state index is 0.217. The number of benzene rings is 1. The van der Waals surface area contributed by atoms with Gasteiger partial charge in [-0.2, -0.15) is 5.10 Å². The van der Waals surface area contributed by atoms with Crippen LogP contribution < -0.4 is 14.8 Å². The Balaban J connectivity index is 1.57. The third-order valence-corrected chi connectivity index (χ3v) is 3.86. The van der Waals surface area contributed by atoms with E-state index in [0.29, 0.717) is 36.7 Å². The number of nitrogens with one attached hydrogen (secondary N) is 1. The Bertz CT molecular complexity index is 858. The molecular weight excluding hydrogens is 332 g/mol. The van der Waals surface area contributed by atoms with Gasteiger partial charge in [-0.1, -0.05) is 13.0 Å². The fraction of sp³-hybridized carbons (Fsp3) is 0.316. The highest BCUT2D eigenvalue weighted by molar-refractivity contribution is 5.93. The van der Waals surface area contributed by atoms with E-state index in [4.69, 9.17) is 9.47 Å². The summed E-state index contributed by atoms with van der Waals surface area (Å²) in [6, 6.07) is 9.25. The Kier molecular flexibility index (Phi) is 5.68. The van der Waals surface area contributed by atoms with Crippen molar-refractivity contribution in [3.05, 3.63) is 54.0 Å². The SMILES string of the molecule is CCCOc1ccc(CCNC(=O)c2cc3ncccn3n2)cc1OC. The second kappa shape index (κ2) is 8.33. The first-order valence-electron chi connectivity index (χ1n) is 8.59. The van der Waals surface area contributed by atoms with Crippen molar-refractivity contribution in [1.29, 1.82) is 0 Å². The van der Waals surface area contributed by atoms with Gasteiger partial charge in [-0.05, 0) is 36.6 Å². The Labute approximate surface area is 152 Å². The topological polar surface area (TPSA) is 77.8 Å². The lowest BCUT2D eigenvalue weighted by atomic mass is 10.1. The smallest absolute Gasteiger partial charge is 0.271 e. The van der Waals surface area contributed by atoms with Gasteiger partial charge in [-0.25, -0.2) is 9.50 Å². The van der Waals surface area contributed by atoms with E-state index in [0.717, 1.165) is 17.7 Å². The number of nitrogens with zero attached hydrogens (tertiary/aromatic N) is 3. The van der Waals surface area contributed by atoms with Crippen LogP contribution in [0.15, 0.2) is 42.7 Å². The molecule has 0 aliphatic carbocycles. The maximum Gasteiger partial charge on any atom is 0.271 e. The van der Waals surface area contributed by atoms with E-state index >= 15 is 0 Å². The van der Waals surface area contributed by atoms with Crippen LogP contribution in [0, 0.1) is 0 Å². The number of methoxy groups -OCH3 is 1. The summed E-state index contributed by atoms with van der Waals surface area (Å²) in [5, 5.41) is 7.09. The molecule has 2 aromatic heterocycles. The largest absolute Gasteiger partial charge is 0.493 e. The number of hydrogen-bond donors (Lipinski definition) is 1. The zero-order valence-corrected chi connectivity index (χ0v) is 14.9. The molecule has 3 rings (SSSR count). The van der Waals surface area contributed by atoms with E-state index in [1.807, 2.05) is 18.2 Å². The van der Waals surface area contributed by atoms with Crippen LogP contribution in [0.1, 0.15) is 29.4 Å². The normalized spacial score (nSPS) is 10.7. The Hall–Kier alpha value is -3.09. The standard InChI is InChI=1S/C19H22N4O3/c1-3-11-26-16-6-5-14(12-17(16)25-2)7-9-21-19(24)15-13-18-20-8-4-10-23(18)22-15/h4-6,8,10,12-13H,3,7,9,11H2,1-2H3,(H,21,24). The van der Waals surface area contributed by atoms with Crippen LogP contribution >= 0.6 is 0 Å². The summed E-state index contributed by atoms with van der Waals surface area (Å²) in [5.74, 6) is 1.22. The third-order valence-electron chi connectivity index (χ3n) is 3.86. The number of amides is 1. The molecule has 0 spiro atoms. The molecule has 136 valence electrons. The zero-order chi connectivity index (χ0) is 18.4. The molecule has 0 bridgehead atoms. The number of carbonyl (C=O) groups excluding carboxylic acids is 1. The van der Waals surface area contributed by atoms with Gasteiger partial charge < -0.3 is 14.8 Å². The van der Waals surface area contributed by atoms with Crippen LogP contribution in [0.5, 0.6) is 11.5 Å². The molecule has 0 radical (unpaired) electrons. The Morgan fingerprint density at radius 2 is 2.15 bits per heavy atom. The molecule has 0 unspecified atom stereocenters. The predicted octanol–water partition coefficient (Wildman–Crippen LogP) is 2.50. The summed E-state index contributed by atoms with van der Waals surface area (Å²) in [6.45, 7) is 3.21. The van der Waals surface area contributed by atoms with Crippen LogP contribution in [-0.2, 0) is 6.42 Å². The van der Waals surface area contributed by atoms with E-state index in [9.17, 15) is 4.79 Å². The van der Waals surface area contributed by atoms with Gasteiger partial charge in [0.2, 0.25) is 0 Å². The fourth-order valence-electron chi connectivity index (χ4n) is 2.55. The minimum atomic E-state index is -0.217. The molecule has 3 aromatic rings. The van der Waals surface area contributed by atoms with Crippen molar-refractivity contribution in [2.75, 3.05) is 20.3 Å². The number of fused-ring (bicyclic) bond motifs is 1. The molecule has 2 heterocycles. The average molecular weight is 354 g/mol. The molecule has 7 nitrogen and oxygen atoms in total. The summed E-state index contributed by atoms with van der Waals surface area (Å²) in [5.41, 5.74) is 2.05. The van der Waals surface area contributed by atoms with E-state index < -0.39 is 0 Å². The van der Waals surface area contributed by atoms with Gasteiger partial charge in [0.25, 0.3) is 5.91 Å². The maximum absolute atomic E-state index is 12.2. The summed E-state index contributed by atoms with van der Waals surface area (Å²) < 4.78 is 12.6. The lowest BCUT2D eigenvalue weighted by Gasteiger charge is -2.12. The molecular formula is C19H22N4O3. The third kappa shape index (κ3) is 4.11. The fourth-order valence-corrected chi connectivity index (χ4v) is 2.55. The molecule has 26 heavy (non-hydrogen) atoms. The van der Waals surface area contributed by atoms with Crippen LogP contribution in [0.2, 0.25) is 0 Å². The first kappa shape index (κ1) is 17.7. The average Bonchev–Trinajstić information content (AvgIpc) is 3.11. The van der Waals surface area contributed by atoms with Crippen LogP contribution in [-0.4, -0.2) is 40.8 Å². The van der Waals surface area contributed by atoms with Gasteiger partial charge >= 0.3 is 0 Å². The monoisotopic (exact) mass is 354 g/mol. The molecule has 1 aromatic carbocycles. The minimum Gasteiger partial charge on any atom is -0.493 e. The zero-order valence-electron chi connectivity index (χ0n) is 14.9. The molecule has 0 saturated carbocycles. The quantitative estimate of drug-likeness (QED) is 0.672. The van der Waals surface area contributed by atoms with Crippen molar-refractivity contribution in [3.63, 3.8) is 0 Å². The summed E-state index contributed by atoms with van der Waals surface area (Å²) in [7, 11) is 1.62. The van der Waals surface area contributed by atoms with E-state index in [2.05, 4.69) is 22.3 Å². The van der Waals surface area contributed by atoms with Gasteiger partial charge in [0.1, 0.15) is 0 Å². The van der Waals surface area contributed by atoms with E-state index in [1.54, 1.807) is 36.2 Å². The van der Waals surface area contributed by atoms with Crippen molar-refractivity contribution in [3.8, 4) is 11.5 Å². The number of hydrogen-bond acceptors (Lipinski definition) is 5. The van der Waals surface area contributed by atoms with Crippen molar-refractivity contribution >= 4 is 11.6 Å². The Morgan fingerprint density at radius 3 is 2.92 bits per heavy atom. The summed E-state index contributed by atoms with van der Waals surface area (Å²) >= 11 is 0. The van der Waals surface area contributed by atoms with Crippen molar-refractivity contribution < 1.29 is 14.3 Å². The first-order chi connectivity index (χ1) is 12.7. The Morgan fingerprint density at radius 1 is 1.27 bits per heavy atom. The van der Waals surface area contributed by atoms with Gasteiger partial charge in [0.15, 0.2) is 22.8 Å². The molecule has 0 atom stereocenters. The van der Waals surface area contributed by atoms with Gasteiger partial charge in [-0.15, -0.1) is 0 Å². The summed E-state index contributed by atoms with van der Waals surface area (Å²) in [4.78, 5) is 16.4. The van der Waals surface area contributed by atoms with Crippen molar-refractivity contribution in [1.82, 2.24) is 19.9 Å². The molecule has 7 heteroatoms. The highest BCUT2D eigenvalue weighted by Gasteiger charge is 2.11. The maximum atomic E-state index is 12.2. The van der Waals surface area contributed by atoms with E-state index in [-0.39, 0.29) is 5.91 Å². The highest BCUT2D eigenvalue weighted by Crippen LogP contribution is 2.28. The van der Waals surface area contributed by atoms with Crippen LogP contribution in [0.25, 0.3) is 5.65 Å². The molecule has 1 amide bonds. The van der Waals surface area contributed by atoms with Gasteiger partial charge in [0.05, 0.1) is 13.7 Å². The number of carbonyl (C=O) groups is 1. The number of ether oxygens (including phenoxy) is 2. The molecule has 0 aliphatic rings. The second-order valence-electron chi connectivity index (χ2n) is 5.79. The number of rotatable bonds is 8. The van der Waals surface area contributed by atoms with Crippen LogP contribution in [0.4, 0.5) is 0 Å². The van der Waals surface area contributed by atoms with Crippen molar-refractivity contribution in [2.24, 2.45) is 0 Å². The van der Waals surface area contributed by atoms with Crippen LogP contribution in [0.3, 0.4) is 0 Å².